The van der Waals surface area contributed by atoms with Crippen molar-refractivity contribution in [3.8, 4) is 0 Å². The first-order valence-corrected chi connectivity index (χ1v) is 37.9. The number of halogens is 1. The van der Waals surface area contributed by atoms with E-state index in [0.717, 1.165) is 35.1 Å². The summed E-state index contributed by atoms with van der Waals surface area (Å²) in [5, 5.41) is 52.3. The molecule has 2 aliphatic rings. The van der Waals surface area contributed by atoms with Gasteiger partial charge in [-0.15, -0.1) is 0 Å². The Balaban J connectivity index is 0.000000369. The Kier molecular flexibility index (Phi) is 42.1. The number of methoxy groups -OCH3 is 1. The van der Waals surface area contributed by atoms with Crippen LogP contribution in [0.25, 0.3) is 0 Å². The summed E-state index contributed by atoms with van der Waals surface area (Å²) in [6.07, 6.45) is 2.22. The fraction of sp³-hybridized carbons (Fsp3) is 0.379. The van der Waals surface area contributed by atoms with E-state index >= 15 is 0 Å². The molecule has 32 heteroatoms. The van der Waals surface area contributed by atoms with Crippen LogP contribution < -0.4 is 34.4 Å². The molecule has 2 saturated carbocycles. The van der Waals surface area contributed by atoms with Gasteiger partial charge in [-0.3, -0.25) is 86.3 Å². The number of benzene rings is 6. The minimum absolute atomic E-state index is 0.0203. The molecular weight excluding hydrogens is 1550 g/mol. The van der Waals surface area contributed by atoms with Crippen LogP contribution in [-0.4, -0.2) is 186 Å². The van der Waals surface area contributed by atoms with Crippen LogP contribution in [0.15, 0.2) is 146 Å². The van der Waals surface area contributed by atoms with Crippen molar-refractivity contribution in [2.24, 2.45) is 64.0 Å². The molecule has 0 spiro atoms. The molecule has 0 amide bonds. The van der Waals surface area contributed by atoms with Crippen LogP contribution in [0, 0.1) is 29.6 Å². The van der Waals surface area contributed by atoms with E-state index in [4.69, 9.17) is 65.0 Å². The Morgan fingerprint density at radius 1 is 0.395 bits per heavy atom. The fourth-order valence-electron chi connectivity index (χ4n) is 11.6. The van der Waals surface area contributed by atoms with Gasteiger partial charge in [0.05, 0.1) is 30.8 Å². The van der Waals surface area contributed by atoms with Gasteiger partial charge in [0, 0.05) is 58.6 Å². The second-order valence-corrected chi connectivity index (χ2v) is 28.5. The zero-order chi connectivity index (χ0) is 89.8. The number of ether oxygens (including phenoxy) is 1. The summed E-state index contributed by atoms with van der Waals surface area (Å²) in [7, 11) is 1.21. The van der Waals surface area contributed by atoms with E-state index in [1.807, 2.05) is 6.92 Å². The lowest BCUT2D eigenvalue weighted by Crippen LogP contribution is -2.32. The maximum Gasteiger partial charge on any atom is 0.320 e. The van der Waals surface area contributed by atoms with Crippen molar-refractivity contribution in [3.05, 3.63) is 212 Å². The van der Waals surface area contributed by atoms with E-state index in [9.17, 15) is 90.7 Å². The normalized spacial score (nSPS) is 16.0. The number of rotatable bonds is 36. The van der Waals surface area contributed by atoms with E-state index in [0.29, 0.717) is 64.6 Å². The van der Waals surface area contributed by atoms with Crippen LogP contribution in [0.2, 0.25) is 0 Å². The number of ketones is 11. The molecule has 18 N–H and O–H groups in total. The average Bonchev–Trinajstić information content (AvgIpc) is 1.71. The smallest absolute Gasteiger partial charge is 0.320 e. The molecule has 0 bridgehead atoms. The summed E-state index contributed by atoms with van der Waals surface area (Å²) in [5.41, 5.74) is 39.2. The summed E-state index contributed by atoms with van der Waals surface area (Å²) >= 11 is 0. The van der Waals surface area contributed by atoms with Gasteiger partial charge in [-0.05, 0) is 118 Å². The number of aliphatic carboxylic acids is 6. The Morgan fingerprint density at radius 2 is 0.672 bits per heavy atom. The van der Waals surface area contributed by atoms with E-state index in [-0.39, 0.29) is 115 Å². The summed E-state index contributed by atoms with van der Waals surface area (Å²) in [5.74, 6) is -12.3. The number of hydrogen-bond acceptors (Lipinski definition) is 25. The first kappa shape index (κ1) is 101. The second-order valence-electron chi connectivity index (χ2n) is 28.5. The summed E-state index contributed by atoms with van der Waals surface area (Å²) in [6, 6.07) is 32.5. The van der Waals surface area contributed by atoms with Gasteiger partial charge in [0.15, 0.2) is 34.7 Å². The predicted molar refractivity (Wildman–Crippen MR) is 431 cm³/mol. The monoisotopic (exact) mass is 1650 g/mol. The molecule has 31 nitrogen and oxygen atoms in total. The highest BCUT2D eigenvalue weighted by Gasteiger charge is 2.37. The molecule has 0 radical (unpaired) electrons. The van der Waals surface area contributed by atoms with Gasteiger partial charge >= 0.3 is 41.8 Å². The number of Topliss-reactive ketones (excluding diaryl/α,β-unsaturated/α-hetero) is 11. The molecule has 2 fully saturated rings. The molecule has 119 heavy (non-hydrogen) atoms. The number of alkyl halides is 1. The zero-order valence-electron chi connectivity index (χ0n) is 67.0. The van der Waals surface area contributed by atoms with Gasteiger partial charge in [0.2, 0.25) is 12.0 Å². The van der Waals surface area contributed by atoms with Gasteiger partial charge in [0.25, 0.3) is 0 Å². The van der Waals surface area contributed by atoms with Crippen LogP contribution in [0.3, 0.4) is 0 Å². The second kappa shape index (κ2) is 49.7. The number of carboxylic acid groups (broad SMARTS) is 6. The van der Waals surface area contributed by atoms with Crippen molar-refractivity contribution >= 4 is 105 Å². The predicted octanol–water partition coefficient (Wildman–Crippen LogP) is 6.65. The first-order chi connectivity index (χ1) is 55.9. The third-order valence-corrected chi connectivity index (χ3v) is 19.4. The molecular formula is C87H103FN6O25. The van der Waals surface area contributed by atoms with E-state index in [2.05, 4.69) is 4.74 Å². The number of esters is 1. The zero-order valence-corrected chi connectivity index (χ0v) is 67.0. The molecule has 6 aromatic carbocycles. The molecule has 12 atom stereocenters. The minimum atomic E-state index is -2.15. The quantitative estimate of drug-likeness (QED) is 0.0111. The Bertz CT molecular complexity index is 4490. The molecule has 0 aromatic heterocycles. The van der Waals surface area contributed by atoms with Gasteiger partial charge in [-0.2, -0.15) is 0 Å². The highest BCUT2D eigenvalue weighted by Crippen LogP contribution is 2.30. The average molecular weight is 1650 g/mol. The van der Waals surface area contributed by atoms with Crippen molar-refractivity contribution in [1.29, 1.82) is 0 Å². The number of hydrogen-bond donors (Lipinski definition) is 12. The molecule has 6 aromatic rings. The number of carbonyl (C=O) groups is 18. The molecule has 0 saturated heterocycles. The van der Waals surface area contributed by atoms with Gasteiger partial charge in [0.1, 0.15) is 65.8 Å². The number of carbonyl (C=O) groups excluding carboxylic acids is 12. The lowest BCUT2D eigenvalue weighted by atomic mass is 9.93. The highest BCUT2D eigenvalue weighted by molar-refractivity contribution is 6.15. The van der Waals surface area contributed by atoms with Gasteiger partial charge in [-0.1, -0.05) is 166 Å². The highest BCUT2D eigenvalue weighted by atomic mass is 19.1. The topological polar surface area (TPSA) is 594 Å². The summed E-state index contributed by atoms with van der Waals surface area (Å²) in [6.45, 7) is 9.61. The third-order valence-electron chi connectivity index (χ3n) is 19.4. The Hall–Kier alpha value is -12.3. The van der Waals surface area contributed by atoms with Gasteiger partial charge in [-0.25, -0.2) is 4.39 Å². The van der Waals surface area contributed by atoms with Crippen molar-refractivity contribution in [2.45, 2.75) is 174 Å². The van der Waals surface area contributed by atoms with Crippen molar-refractivity contribution in [3.63, 3.8) is 0 Å². The largest absolute Gasteiger partial charge is 0.480 e. The summed E-state index contributed by atoms with van der Waals surface area (Å²) < 4.78 is 17.9. The van der Waals surface area contributed by atoms with E-state index in [1.54, 1.807) is 130 Å². The number of carboxylic acids is 6. The van der Waals surface area contributed by atoms with Gasteiger partial charge < -0.3 is 69.8 Å². The standard InChI is InChI=1S/C16H19NO4.C15H17NO4.C15H19NO4.C14H16FNO4.C14H17NO4.C13H15NO5/c1-9-2-7-12(14(9)18)15(19)11-5-3-10(4-6-11)8-13(17)16(20)21;16-12(15(19)20)8-9-4-6-10(7-5-9)14(18)11-2-1-3-13(11)17;1-3-13(17)9(2)14(18)11-6-4-10(5-7-11)8-12(16)15(19)20;1-2-11(17)12(15)13(18)9-5-3-8(4-6-9)7-10(16)14(19)20;1-8(9(2)16)13(17)11-5-3-10(4-6-11)7-12(15)14(18)19;1-19-12(16)7-11(15)9-4-2-8(3-5-9)6-10(14)13(17)18/h3-6,9,12-13H,2,7-8,17H2,1H3,(H,20,21);4-7,11-12H,1-3,8,16H2,(H,19,20);4-7,9,12H,3,8,16H2,1-2H3,(H,19,20);3-6,10,12H,2,7,16H2,1H3,(H,19,20);3-6,8,12H,7,15H2,1-2H3,(H,18,19);2-5,10H,6-7,14H2,1H3,(H,17,18). The fourth-order valence-corrected chi connectivity index (χ4v) is 11.6. The lowest BCUT2D eigenvalue weighted by molar-refractivity contribution is -0.140. The minimum Gasteiger partial charge on any atom is -0.480 e. The Morgan fingerprint density at radius 3 is 0.924 bits per heavy atom. The molecule has 8 rings (SSSR count). The molecule has 2 aliphatic carbocycles. The lowest BCUT2D eigenvalue weighted by Gasteiger charge is -2.10. The van der Waals surface area contributed by atoms with Crippen LogP contribution in [-0.2, 0) is 101 Å². The van der Waals surface area contributed by atoms with Crippen LogP contribution >= 0.6 is 0 Å². The molecule has 0 aliphatic heterocycles. The Labute approximate surface area is 685 Å². The van der Waals surface area contributed by atoms with Crippen molar-refractivity contribution < 1.29 is 126 Å². The maximum atomic E-state index is 13.5. The van der Waals surface area contributed by atoms with Crippen LogP contribution in [0.1, 0.15) is 188 Å². The molecule has 12 unspecified atom stereocenters. The molecule has 0 heterocycles. The van der Waals surface area contributed by atoms with Crippen LogP contribution in [0.5, 0.6) is 0 Å². The van der Waals surface area contributed by atoms with Crippen molar-refractivity contribution in [2.75, 3.05) is 7.11 Å². The van der Waals surface area contributed by atoms with Crippen LogP contribution in [0.4, 0.5) is 4.39 Å². The van der Waals surface area contributed by atoms with E-state index in [1.165, 1.54) is 57.4 Å². The maximum absolute atomic E-state index is 13.5. The number of nitrogens with two attached hydrogens (primary N) is 6. The van der Waals surface area contributed by atoms with Crippen molar-refractivity contribution in [1.82, 2.24) is 0 Å². The summed E-state index contributed by atoms with van der Waals surface area (Å²) in [4.78, 5) is 204. The van der Waals surface area contributed by atoms with E-state index < -0.39 is 119 Å². The first-order valence-electron chi connectivity index (χ1n) is 37.9. The molecule has 638 valence electrons. The third kappa shape index (κ3) is 33.3. The SMILES string of the molecule is CC(=O)C(C)C(=O)c1ccc(CC(N)C(=O)O)cc1.CC1CCC(C(=O)c2ccc(CC(N)C(=O)O)cc2)C1=O.CCC(=O)C(C)C(=O)c1ccc(CC(N)C(=O)O)cc1.CCC(=O)C(F)C(=O)c1ccc(CC(N)C(=O)O)cc1.COC(=O)CC(=O)c1ccc(CC(N)C(=O)O)cc1.NC(Cc1ccc(C(=O)C2CCCC2=O)cc1)C(=O)O.